The summed E-state index contributed by atoms with van der Waals surface area (Å²) in [5, 5.41) is 6.77. The molecule has 0 radical (unpaired) electrons. The Labute approximate surface area is 142 Å². The fourth-order valence-electron chi connectivity index (χ4n) is 2.81. The molecule has 0 saturated heterocycles. The molecule has 0 aliphatic carbocycles. The Hall–Kier alpha value is -1.97. The van der Waals surface area contributed by atoms with Gasteiger partial charge in [-0.2, -0.15) is 0 Å². The molecule has 3 rings (SSSR count). The van der Waals surface area contributed by atoms with Crippen molar-refractivity contribution in [3.63, 3.8) is 0 Å². The van der Waals surface area contributed by atoms with Gasteiger partial charge in [0.05, 0.1) is 11.6 Å². The Morgan fingerprint density at radius 1 is 0.957 bits per heavy atom. The first-order valence-corrected chi connectivity index (χ1v) is 8.96. The summed E-state index contributed by atoms with van der Waals surface area (Å²) in [6, 6.07) is 21.6. The molecule has 3 aromatic rings. The SMILES string of the molecule is CCNC(C)c1csc(C(c2ccccc2)c2ccccc2)n1. The zero-order valence-electron chi connectivity index (χ0n) is 13.6. The van der Waals surface area contributed by atoms with Gasteiger partial charge in [-0.1, -0.05) is 67.6 Å². The molecule has 23 heavy (non-hydrogen) atoms. The molecular formula is C20H22N2S. The molecule has 0 spiro atoms. The first-order chi connectivity index (χ1) is 11.3. The predicted molar refractivity (Wildman–Crippen MR) is 98.0 cm³/mol. The summed E-state index contributed by atoms with van der Waals surface area (Å²) >= 11 is 1.75. The lowest BCUT2D eigenvalue weighted by Gasteiger charge is -2.16. The lowest BCUT2D eigenvalue weighted by atomic mass is 9.92. The summed E-state index contributed by atoms with van der Waals surface area (Å²) in [6.45, 7) is 5.25. The van der Waals surface area contributed by atoms with E-state index in [0.717, 1.165) is 17.2 Å². The van der Waals surface area contributed by atoms with E-state index in [1.807, 2.05) is 0 Å². The molecule has 0 saturated carbocycles. The third-order valence-corrected chi connectivity index (χ3v) is 4.93. The Bertz CT molecular complexity index is 682. The second-order valence-electron chi connectivity index (χ2n) is 5.64. The van der Waals surface area contributed by atoms with E-state index in [0.29, 0.717) is 0 Å². The van der Waals surface area contributed by atoms with E-state index < -0.39 is 0 Å². The van der Waals surface area contributed by atoms with Gasteiger partial charge in [-0.3, -0.25) is 0 Å². The van der Waals surface area contributed by atoms with E-state index in [1.165, 1.54) is 11.1 Å². The molecule has 1 heterocycles. The minimum atomic E-state index is 0.199. The van der Waals surface area contributed by atoms with Gasteiger partial charge in [0.2, 0.25) is 0 Å². The van der Waals surface area contributed by atoms with Crippen LogP contribution < -0.4 is 5.32 Å². The van der Waals surface area contributed by atoms with Crippen molar-refractivity contribution in [1.82, 2.24) is 10.3 Å². The largest absolute Gasteiger partial charge is 0.309 e. The zero-order valence-corrected chi connectivity index (χ0v) is 14.4. The quantitative estimate of drug-likeness (QED) is 0.691. The third-order valence-electron chi connectivity index (χ3n) is 4.01. The average molecular weight is 322 g/mol. The van der Waals surface area contributed by atoms with Crippen molar-refractivity contribution >= 4 is 11.3 Å². The van der Waals surface area contributed by atoms with Crippen LogP contribution in [-0.2, 0) is 0 Å². The van der Waals surface area contributed by atoms with Gasteiger partial charge in [0.1, 0.15) is 5.01 Å². The van der Waals surface area contributed by atoms with E-state index in [9.17, 15) is 0 Å². The number of hydrogen-bond acceptors (Lipinski definition) is 3. The van der Waals surface area contributed by atoms with Crippen LogP contribution in [0.3, 0.4) is 0 Å². The van der Waals surface area contributed by atoms with Gasteiger partial charge in [-0.15, -0.1) is 11.3 Å². The zero-order chi connectivity index (χ0) is 16.1. The molecule has 1 aromatic heterocycles. The normalized spacial score (nSPS) is 12.5. The second kappa shape index (κ2) is 7.53. The van der Waals surface area contributed by atoms with Gasteiger partial charge >= 0.3 is 0 Å². The van der Waals surface area contributed by atoms with E-state index in [-0.39, 0.29) is 12.0 Å². The molecule has 0 fully saturated rings. The summed E-state index contributed by atoms with van der Waals surface area (Å²) in [5.74, 6) is 0.199. The van der Waals surface area contributed by atoms with Gasteiger partial charge in [-0.05, 0) is 24.6 Å². The maximum Gasteiger partial charge on any atom is 0.105 e. The van der Waals surface area contributed by atoms with Crippen molar-refractivity contribution in [3.8, 4) is 0 Å². The van der Waals surface area contributed by atoms with Gasteiger partial charge in [0.25, 0.3) is 0 Å². The highest BCUT2D eigenvalue weighted by Gasteiger charge is 2.21. The van der Waals surface area contributed by atoms with E-state index in [1.54, 1.807) is 11.3 Å². The molecule has 0 aliphatic rings. The molecule has 3 heteroatoms. The fraction of sp³-hybridized carbons (Fsp3) is 0.250. The third kappa shape index (κ3) is 3.69. The molecule has 2 nitrogen and oxygen atoms in total. The van der Waals surface area contributed by atoms with Crippen LogP contribution in [-0.4, -0.2) is 11.5 Å². The first kappa shape index (κ1) is 15.9. The van der Waals surface area contributed by atoms with E-state index in [2.05, 4.69) is 85.2 Å². The highest BCUT2D eigenvalue weighted by molar-refractivity contribution is 7.09. The van der Waals surface area contributed by atoms with Crippen LogP contribution in [0, 0.1) is 0 Å². The number of nitrogens with zero attached hydrogens (tertiary/aromatic N) is 1. The number of rotatable bonds is 6. The summed E-state index contributed by atoms with van der Waals surface area (Å²) in [4.78, 5) is 4.94. The molecule has 0 bridgehead atoms. The fourth-order valence-corrected chi connectivity index (χ4v) is 3.88. The van der Waals surface area contributed by atoms with E-state index >= 15 is 0 Å². The topological polar surface area (TPSA) is 24.9 Å². The smallest absolute Gasteiger partial charge is 0.105 e. The maximum absolute atomic E-state index is 4.94. The Morgan fingerprint density at radius 3 is 2.04 bits per heavy atom. The Morgan fingerprint density at radius 2 is 1.52 bits per heavy atom. The van der Waals surface area contributed by atoms with Crippen molar-refractivity contribution in [2.24, 2.45) is 0 Å². The van der Waals surface area contributed by atoms with Crippen molar-refractivity contribution in [2.75, 3.05) is 6.54 Å². The molecule has 1 N–H and O–H groups in total. The maximum atomic E-state index is 4.94. The van der Waals surface area contributed by atoms with Crippen LogP contribution >= 0.6 is 11.3 Å². The van der Waals surface area contributed by atoms with Crippen LogP contribution in [0.2, 0.25) is 0 Å². The molecular weight excluding hydrogens is 300 g/mol. The lowest BCUT2D eigenvalue weighted by Crippen LogP contribution is -2.18. The molecule has 2 aromatic carbocycles. The second-order valence-corrected chi connectivity index (χ2v) is 6.53. The number of aromatic nitrogens is 1. The average Bonchev–Trinajstić information content (AvgIpc) is 3.07. The summed E-state index contributed by atoms with van der Waals surface area (Å²) in [6.07, 6.45) is 0. The molecule has 0 amide bonds. The summed E-state index contributed by atoms with van der Waals surface area (Å²) in [7, 11) is 0. The number of hydrogen-bond donors (Lipinski definition) is 1. The summed E-state index contributed by atoms with van der Waals surface area (Å²) < 4.78 is 0. The minimum absolute atomic E-state index is 0.199. The van der Waals surface area contributed by atoms with Crippen molar-refractivity contribution in [1.29, 1.82) is 0 Å². The van der Waals surface area contributed by atoms with Crippen molar-refractivity contribution < 1.29 is 0 Å². The van der Waals surface area contributed by atoms with Gasteiger partial charge < -0.3 is 5.32 Å². The number of thiazole rings is 1. The monoisotopic (exact) mass is 322 g/mol. The van der Waals surface area contributed by atoms with Gasteiger partial charge in [0, 0.05) is 11.4 Å². The van der Waals surface area contributed by atoms with Crippen molar-refractivity contribution in [2.45, 2.75) is 25.8 Å². The highest BCUT2D eigenvalue weighted by Crippen LogP contribution is 2.34. The number of nitrogens with one attached hydrogen (secondary N) is 1. The highest BCUT2D eigenvalue weighted by atomic mass is 32.1. The summed E-state index contributed by atoms with van der Waals surface area (Å²) in [5.41, 5.74) is 3.70. The van der Waals surface area contributed by atoms with Crippen LogP contribution in [0.15, 0.2) is 66.0 Å². The van der Waals surface area contributed by atoms with Crippen LogP contribution in [0.4, 0.5) is 0 Å². The van der Waals surface area contributed by atoms with E-state index in [4.69, 9.17) is 4.98 Å². The van der Waals surface area contributed by atoms with Crippen molar-refractivity contribution in [3.05, 3.63) is 87.9 Å². The predicted octanol–water partition coefficient (Wildman–Crippen LogP) is 4.99. The Balaban J connectivity index is 2.00. The van der Waals surface area contributed by atoms with Gasteiger partial charge in [-0.25, -0.2) is 4.98 Å². The molecule has 118 valence electrons. The number of benzene rings is 2. The lowest BCUT2D eigenvalue weighted by molar-refractivity contribution is 0.584. The van der Waals surface area contributed by atoms with Crippen LogP contribution in [0.5, 0.6) is 0 Å². The molecule has 0 aliphatic heterocycles. The molecule has 1 atom stereocenters. The molecule has 1 unspecified atom stereocenters. The van der Waals surface area contributed by atoms with Gasteiger partial charge in [0.15, 0.2) is 0 Å². The van der Waals surface area contributed by atoms with Crippen LogP contribution in [0.1, 0.15) is 47.6 Å². The Kier molecular flexibility index (Phi) is 5.21. The van der Waals surface area contributed by atoms with Crippen LogP contribution in [0.25, 0.3) is 0 Å². The standard InChI is InChI=1S/C20H22N2S/c1-3-21-15(2)18-14-23-20(22-18)19(16-10-6-4-7-11-16)17-12-8-5-9-13-17/h4-15,19,21H,3H2,1-2H3. The first-order valence-electron chi connectivity index (χ1n) is 8.08. The minimum Gasteiger partial charge on any atom is -0.309 e.